The summed E-state index contributed by atoms with van der Waals surface area (Å²) in [5.41, 5.74) is 7.46. The molecule has 134 valence electrons. The van der Waals surface area contributed by atoms with Crippen molar-refractivity contribution in [3.63, 3.8) is 0 Å². The van der Waals surface area contributed by atoms with Gasteiger partial charge in [-0.25, -0.2) is 9.97 Å². The molecule has 0 radical (unpaired) electrons. The second-order valence-corrected chi connectivity index (χ2v) is 7.83. The first kappa shape index (κ1) is 17.9. The molecular weight excluding hydrogens is 358 g/mol. The molecule has 0 aliphatic heterocycles. The van der Waals surface area contributed by atoms with E-state index in [1.165, 1.54) is 35.0 Å². The quantitative estimate of drug-likeness (QED) is 0.518. The summed E-state index contributed by atoms with van der Waals surface area (Å²) in [6, 6.07) is 0. The molecule has 2 heterocycles. The number of hydrogen-bond donors (Lipinski definition) is 3. The highest BCUT2D eigenvalue weighted by atomic mass is 32.2. The summed E-state index contributed by atoms with van der Waals surface area (Å²) >= 11 is 2.91. The second-order valence-electron chi connectivity index (χ2n) is 5.80. The van der Waals surface area contributed by atoms with Crippen LogP contribution in [0.25, 0.3) is 10.2 Å². The van der Waals surface area contributed by atoms with Crippen molar-refractivity contribution in [2.45, 2.75) is 37.8 Å². The molecule has 0 fully saturated rings. The molecule has 0 saturated carbocycles. The van der Waals surface area contributed by atoms with Crippen LogP contribution in [0.2, 0.25) is 0 Å². The second kappa shape index (κ2) is 8.01. The molecule has 2 amide bonds. The molecule has 0 bridgehead atoms. The topological polar surface area (TPSA) is 110 Å². The van der Waals surface area contributed by atoms with Gasteiger partial charge in [0.2, 0.25) is 11.8 Å². The van der Waals surface area contributed by atoms with E-state index in [9.17, 15) is 9.59 Å². The van der Waals surface area contributed by atoms with Gasteiger partial charge >= 0.3 is 0 Å². The molecule has 2 aromatic heterocycles. The number of fused-ring (bicyclic) bond motifs is 3. The van der Waals surface area contributed by atoms with E-state index in [0.29, 0.717) is 17.5 Å². The van der Waals surface area contributed by atoms with Gasteiger partial charge in [-0.15, -0.1) is 11.3 Å². The fourth-order valence-electron chi connectivity index (χ4n) is 2.85. The molecule has 1 aliphatic carbocycles. The largest absolute Gasteiger partial charge is 0.383 e. The predicted molar refractivity (Wildman–Crippen MR) is 101 cm³/mol. The number of aryl methyl sites for hydroxylation is 2. The Hall–Kier alpha value is -1.87. The van der Waals surface area contributed by atoms with E-state index in [1.807, 2.05) is 6.92 Å². The van der Waals surface area contributed by atoms with Crippen LogP contribution in [-0.2, 0) is 22.4 Å². The molecule has 0 spiro atoms. The number of nitrogens with two attached hydrogens (primary N) is 1. The zero-order chi connectivity index (χ0) is 17.8. The third-order valence-electron chi connectivity index (χ3n) is 3.97. The van der Waals surface area contributed by atoms with Gasteiger partial charge in [-0.1, -0.05) is 11.8 Å². The number of nitrogen functional groups attached to an aromatic ring is 1. The van der Waals surface area contributed by atoms with Crippen LogP contribution in [-0.4, -0.2) is 40.6 Å². The van der Waals surface area contributed by atoms with Gasteiger partial charge in [0.05, 0.1) is 17.7 Å². The van der Waals surface area contributed by atoms with Crippen LogP contribution in [0.15, 0.2) is 5.16 Å². The van der Waals surface area contributed by atoms with Gasteiger partial charge in [0.15, 0.2) is 5.16 Å². The normalized spacial score (nSPS) is 13.5. The van der Waals surface area contributed by atoms with Crippen molar-refractivity contribution in [1.82, 2.24) is 20.6 Å². The summed E-state index contributed by atoms with van der Waals surface area (Å²) in [7, 11) is 0. The number of carbonyl (C=O) groups excluding carboxylic acids is 2. The van der Waals surface area contributed by atoms with Crippen LogP contribution in [0.5, 0.6) is 0 Å². The number of aromatic nitrogens is 2. The van der Waals surface area contributed by atoms with E-state index >= 15 is 0 Å². The Bertz CT molecular complexity index is 805. The van der Waals surface area contributed by atoms with Crippen molar-refractivity contribution in [3.8, 4) is 0 Å². The molecule has 4 N–H and O–H groups in total. The van der Waals surface area contributed by atoms with Crippen LogP contribution in [0.4, 0.5) is 5.82 Å². The lowest BCUT2D eigenvalue weighted by Crippen LogP contribution is -2.37. The van der Waals surface area contributed by atoms with Crippen LogP contribution < -0.4 is 16.4 Å². The van der Waals surface area contributed by atoms with E-state index in [1.54, 1.807) is 11.3 Å². The van der Waals surface area contributed by atoms with Crippen molar-refractivity contribution < 1.29 is 9.59 Å². The lowest BCUT2D eigenvalue weighted by Gasteiger charge is -2.10. The minimum atomic E-state index is -0.232. The van der Waals surface area contributed by atoms with Gasteiger partial charge < -0.3 is 16.4 Å². The molecule has 1 aliphatic rings. The number of rotatable bonds is 6. The van der Waals surface area contributed by atoms with E-state index < -0.39 is 0 Å². The van der Waals surface area contributed by atoms with Gasteiger partial charge in [0.25, 0.3) is 0 Å². The average molecular weight is 380 g/mol. The molecular formula is C16H21N5O2S2. The van der Waals surface area contributed by atoms with Gasteiger partial charge in [-0.05, 0) is 38.2 Å². The number of hydrogen-bond acceptors (Lipinski definition) is 7. The van der Waals surface area contributed by atoms with Gasteiger partial charge in [0.1, 0.15) is 10.6 Å². The highest BCUT2D eigenvalue weighted by Gasteiger charge is 2.20. The maximum absolute atomic E-state index is 11.8. The maximum atomic E-state index is 11.8. The van der Waals surface area contributed by atoms with Crippen LogP contribution in [0.1, 0.15) is 30.2 Å². The Morgan fingerprint density at radius 2 is 2.00 bits per heavy atom. The van der Waals surface area contributed by atoms with Crippen LogP contribution in [0, 0.1) is 0 Å². The average Bonchev–Trinajstić information content (AvgIpc) is 2.97. The highest BCUT2D eigenvalue weighted by molar-refractivity contribution is 7.99. The van der Waals surface area contributed by atoms with Crippen molar-refractivity contribution in [2.75, 3.05) is 24.6 Å². The van der Waals surface area contributed by atoms with Gasteiger partial charge in [-0.3, -0.25) is 9.59 Å². The Balaban J connectivity index is 1.64. The summed E-state index contributed by atoms with van der Waals surface area (Å²) in [5, 5.41) is 6.69. The first-order valence-corrected chi connectivity index (χ1v) is 10.1. The number of amides is 2. The molecule has 0 saturated heterocycles. The monoisotopic (exact) mass is 379 g/mol. The maximum Gasteiger partial charge on any atom is 0.239 e. The van der Waals surface area contributed by atoms with E-state index in [0.717, 1.165) is 23.1 Å². The Morgan fingerprint density at radius 3 is 2.80 bits per heavy atom. The summed E-state index contributed by atoms with van der Waals surface area (Å²) in [5.74, 6) is 0.209. The molecule has 25 heavy (non-hydrogen) atoms. The minimum Gasteiger partial charge on any atom is -0.383 e. The summed E-state index contributed by atoms with van der Waals surface area (Å²) in [4.78, 5) is 34.4. The first-order valence-electron chi connectivity index (χ1n) is 8.32. The fourth-order valence-corrected chi connectivity index (χ4v) is 4.86. The van der Waals surface area contributed by atoms with Gasteiger partial charge in [-0.2, -0.15) is 0 Å². The number of thioether (sulfide) groups is 1. The minimum absolute atomic E-state index is 0.0209. The third kappa shape index (κ3) is 4.21. The van der Waals surface area contributed by atoms with Crippen molar-refractivity contribution in [1.29, 1.82) is 0 Å². The zero-order valence-electron chi connectivity index (χ0n) is 14.1. The number of nitrogens with zero attached hydrogens (tertiary/aromatic N) is 2. The highest BCUT2D eigenvalue weighted by Crippen LogP contribution is 2.38. The summed E-state index contributed by atoms with van der Waals surface area (Å²) < 4.78 is 0. The molecule has 7 nitrogen and oxygen atoms in total. The molecule has 2 aromatic rings. The smallest absolute Gasteiger partial charge is 0.239 e. The standard InChI is InChI=1S/C16H21N5O2S2/c1-2-18-11(22)7-19-12(23)8-24-16-20-14(17)13-9-5-3-4-6-10(9)25-15(13)21-16/h2-8H2,1H3,(H,18,22)(H,19,23)(H2,17,20,21). The van der Waals surface area contributed by atoms with E-state index in [2.05, 4.69) is 20.6 Å². The molecule has 9 heteroatoms. The SMILES string of the molecule is CCNC(=O)CNC(=O)CSc1nc(N)c2c3c(sc2n1)CCCC3. The Kier molecular flexibility index (Phi) is 5.74. The van der Waals surface area contributed by atoms with E-state index in [-0.39, 0.29) is 24.1 Å². The third-order valence-corrected chi connectivity index (χ3v) is 6.01. The first-order chi connectivity index (χ1) is 12.1. The van der Waals surface area contributed by atoms with E-state index in [4.69, 9.17) is 5.73 Å². The molecule has 0 unspecified atom stereocenters. The summed E-state index contributed by atoms with van der Waals surface area (Å²) in [6.45, 7) is 2.35. The number of likely N-dealkylation sites (N-methyl/N-ethyl adjacent to an activating group) is 1. The number of nitrogens with one attached hydrogen (secondary N) is 2. The van der Waals surface area contributed by atoms with Gasteiger partial charge in [0, 0.05) is 11.4 Å². The number of thiophene rings is 1. The lowest BCUT2D eigenvalue weighted by atomic mass is 9.97. The van der Waals surface area contributed by atoms with Crippen LogP contribution in [0.3, 0.4) is 0 Å². The van der Waals surface area contributed by atoms with Crippen molar-refractivity contribution in [3.05, 3.63) is 10.4 Å². The predicted octanol–water partition coefficient (Wildman–Crippen LogP) is 1.50. The Labute approximate surface area is 154 Å². The summed E-state index contributed by atoms with van der Waals surface area (Å²) in [6.07, 6.45) is 4.51. The van der Waals surface area contributed by atoms with Crippen molar-refractivity contribution in [2.24, 2.45) is 0 Å². The zero-order valence-corrected chi connectivity index (χ0v) is 15.7. The number of carbonyl (C=O) groups is 2. The Morgan fingerprint density at radius 1 is 1.20 bits per heavy atom. The molecule has 0 atom stereocenters. The molecule has 3 rings (SSSR count). The van der Waals surface area contributed by atoms with Crippen LogP contribution >= 0.6 is 23.1 Å². The van der Waals surface area contributed by atoms with Crippen molar-refractivity contribution >= 4 is 50.9 Å². The molecule has 0 aromatic carbocycles. The lowest BCUT2D eigenvalue weighted by molar-refractivity contribution is -0.124. The number of anilines is 1. The fraction of sp³-hybridized carbons (Fsp3) is 0.500.